The van der Waals surface area contributed by atoms with Gasteiger partial charge >= 0.3 is 0 Å². The van der Waals surface area contributed by atoms with Crippen molar-refractivity contribution >= 4 is 17.3 Å². The Kier molecular flexibility index (Phi) is 3.58. The van der Waals surface area contributed by atoms with E-state index in [1.165, 1.54) is 12.1 Å². The number of nitrogen functional groups attached to an aromatic ring is 1. The first-order chi connectivity index (χ1) is 10.1. The summed E-state index contributed by atoms with van der Waals surface area (Å²) in [6, 6.07) is 11.4. The van der Waals surface area contributed by atoms with E-state index in [0.29, 0.717) is 28.8 Å². The van der Waals surface area contributed by atoms with Crippen LogP contribution in [0.1, 0.15) is 11.4 Å². The Hall–Kier alpha value is -2.40. The van der Waals surface area contributed by atoms with Gasteiger partial charge in [0.05, 0.1) is 0 Å². The molecule has 0 aliphatic carbocycles. The Morgan fingerprint density at radius 2 is 2.05 bits per heavy atom. The number of rotatable bonds is 3. The number of benzene rings is 2. The number of halogens is 2. The fourth-order valence-electron chi connectivity index (χ4n) is 1.95. The molecule has 0 unspecified atom stereocenters. The lowest BCUT2D eigenvalue weighted by Crippen LogP contribution is -1.93. The standard InChI is InChI=1S/C15H11ClFN3O/c16-13-8-11(17)5-4-9(13)7-14-19-15(21-20-14)10-2-1-3-12(18)6-10/h1-6,8H,7,18H2. The first kappa shape index (κ1) is 13.6. The molecular formula is C15H11ClFN3O. The van der Waals surface area contributed by atoms with E-state index in [4.69, 9.17) is 21.9 Å². The third kappa shape index (κ3) is 3.03. The molecule has 0 aliphatic heterocycles. The summed E-state index contributed by atoms with van der Waals surface area (Å²) in [4.78, 5) is 4.29. The first-order valence-electron chi connectivity index (χ1n) is 6.24. The number of nitrogens with two attached hydrogens (primary N) is 1. The monoisotopic (exact) mass is 303 g/mol. The molecule has 2 aromatic carbocycles. The number of anilines is 1. The average molecular weight is 304 g/mol. The maximum absolute atomic E-state index is 13.0. The molecule has 0 saturated heterocycles. The predicted molar refractivity (Wildman–Crippen MR) is 78.4 cm³/mol. The molecule has 0 atom stereocenters. The Bertz CT molecular complexity index is 788. The molecule has 21 heavy (non-hydrogen) atoms. The third-order valence-corrected chi connectivity index (χ3v) is 3.32. The van der Waals surface area contributed by atoms with Crippen LogP contribution in [0.3, 0.4) is 0 Å². The van der Waals surface area contributed by atoms with Crippen LogP contribution in [0.2, 0.25) is 5.02 Å². The van der Waals surface area contributed by atoms with Gasteiger partial charge in [0.2, 0.25) is 0 Å². The second kappa shape index (κ2) is 5.54. The smallest absolute Gasteiger partial charge is 0.258 e. The second-order valence-electron chi connectivity index (χ2n) is 4.55. The van der Waals surface area contributed by atoms with E-state index in [1.54, 1.807) is 18.2 Å². The van der Waals surface area contributed by atoms with Crippen molar-refractivity contribution in [2.24, 2.45) is 0 Å². The van der Waals surface area contributed by atoms with E-state index >= 15 is 0 Å². The lowest BCUT2D eigenvalue weighted by Gasteiger charge is -2.00. The summed E-state index contributed by atoms with van der Waals surface area (Å²) < 4.78 is 18.2. The minimum Gasteiger partial charge on any atom is -0.399 e. The highest BCUT2D eigenvalue weighted by molar-refractivity contribution is 6.31. The van der Waals surface area contributed by atoms with E-state index in [-0.39, 0.29) is 5.82 Å². The van der Waals surface area contributed by atoms with Gasteiger partial charge in [0.25, 0.3) is 5.89 Å². The quantitative estimate of drug-likeness (QED) is 0.749. The molecule has 3 aromatic rings. The summed E-state index contributed by atoms with van der Waals surface area (Å²) in [7, 11) is 0. The highest BCUT2D eigenvalue weighted by Crippen LogP contribution is 2.22. The highest BCUT2D eigenvalue weighted by Gasteiger charge is 2.11. The maximum Gasteiger partial charge on any atom is 0.258 e. The molecule has 0 aliphatic rings. The van der Waals surface area contributed by atoms with Crippen LogP contribution in [0.4, 0.5) is 10.1 Å². The maximum atomic E-state index is 13.0. The summed E-state index contributed by atoms with van der Waals surface area (Å²) >= 11 is 5.98. The minimum atomic E-state index is -0.377. The van der Waals surface area contributed by atoms with Gasteiger partial charge in [0.1, 0.15) is 5.82 Å². The average Bonchev–Trinajstić information content (AvgIpc) is 2.91. The van der Waals surface area contributed by atoms with Crippen LogP contribution in [0.25, 0.3) is 11.5 Å². The summed E-state index contributed by atoms with van der Waals surface area (Å²) in [6.07, 6.45) is 0.366. The SMILES string of the molecule is Nc1cccc(-c2nc(Cc3ccc(F)cc3Cl)no2)c1. The van der Waals surface area contributed by atoms with Crippen LogP contribution in [-0.4, -0.2) is 10.1 Å². The predicted octanol–water partition coefficient (Wildman–Crippen LogP) is 3.70. The van der Waals surface area contributed by atoms with Gasteiger partial charge in [0, 0.05) is 22.7 Å². The third-order valence-electron chi connectivity index (χ3n) is 2.97. The zero-order valence-electron chi connectivity index (χ0n) is 10.9. The van der Waals surface area contributed by atoms with Crippen molar-refractivity contribution in [1.29, 1.82) is 0 Å². The van der Waals surface area contributed by atoms with Gasteiger partial charge in [-0.15, -0.1) is 0 Å². The summed E-state index contributed by atoms with van der Waals surface area (Å²) in [5.74, 6) is 0.480. The zero-order chi connectivity index (χ0) is 14.8. The van der Waals surface area contributed by atoms with Gasteiger partial charge in [-0.05, 0) is 35.9 Å². The Morgan fingerprint density at radius 1 is 1.19 bits per heavy atom. The second-order valence-corrected chi connectivity index (χ2v) is 4.96. The summed E-state index contributed by atoms with van der Waals surface area (Å²) in [5, 5.41) is 4.24. The van der Waals surface area contributed by atoms with Crippen molar-refractivity contribution in [2.45, 2.75) is 6.42 Å². The van der Waals surface area contributed by atoms with Crippen LogP contribution < -0.4 is 5.73 Å². The van der Waals surface area contributed by atoms with Crippen molar-refractivity contribution in [2.75, 3.05) is 5.73 Å². The van der Waals surface area contributed by atoms with Crippen molar-refractivity contribution in [1.82, 2.24) is 10.1 Å². The Balaban J connectivity index is 1.85. The molecule has 1 heterocycles. The van der Waals surface area contributed by atoms with Gasteiger partial charge in [-0.2, -0.15) is 4.98 Å². The molecule has 0 radical (unpaired) electrons. The van der Waals surface area contributed by atoms with Crippen LogP contribution in [0, 0.1) is 5.82 Å². The van der Waals surface area contributed by atoms with Gasteiger partial charge in [-0.3, -0.25) is 0 Å². The van der Waals surface area contributed by atoms with Crippen molar-refractivity contribution in [3.05, 3.63) is 64.7 Å². The van der Waals surface area contributed by atoms with Crippen LogP contribution in [0.15, 0.2) is 47.0 Å². The molecular weight excluding hydrogens is 293 g/mol. The summed E-state index contributed by atoms with van der Waals surface area (Å²) in [6.45, 7) is 0. The topological polar surface area (TPSA) is 64.9 Å². The van der Waals surface area contributed by atoms with Crippen LogP contribution >= 0.6 is 11.6 Å². The lowest BCUT2D eigenvalue weighted by molar-refractivity contribution is 0.424. The molecule has 0 bridgehead atoms. The van der Waals surface area contributed by atoms with Crippen LogP contribution in [-0.2, 0) is 6.42 Å². The largest absolute Gasteiger partial charge is 0.399 e. The van der Waals surface area contributed by atoms with E-state index < -0.39 is 0 Å². The van der Waals surface area contributed by atoms with E-state index in [2.05, 4.69) is 10.1 Å². The van der Waals surface area contributed by atoms with E-state index in [1.807, 2.05) is 12.1 Å². The number of hydrogen-bond acceptors (Lipinski definition) is 4. The molecule has 106 valence electrons. The normalized spacial score (nSPS) is 10.8. The molecule has 1 aromatic heterocycles. The van der Waals surface area contributed by atoms with E-state index in [0.717, 1.165) is 11.1 Å². The molecule has 0 spiro atoms. The van der Waals surface area contributed by atoms with Gasteiger partial charge in [-0.25, -0.2) is 4.39 Å². The molecule has 0 amide bonds. The first-order valence-corrected chi connectivity index (χ1v) is 6.62. The van der Waals surface area contributed by atoms with Crippen molar-refractivity contribution in [3.63, 3.8) is 0 Å². The van der Waals surface area contributed by atoms with Crippen molar-refractivity contribution < 1.29 is 8.91 Å². The highest BCUT2D eigenvalue weighted by atomic mass is 35.5. The Morgan fingerprint density at radius 3 is 2.81 bits per heavy atom. The van der Waals surface area contributed by atoms with Gasteiger partial charge < -0.3 is 10.3 Å². The molecule has 3 rings (SSSR count). The van der Waals surface area contributed by atoms with Crippen LogP contribution in [0.5, 0.6) is 0 Å². The molecule has 0 fully saturated rings. The zero-order valence-corrected chi connectivity index (χ0v) is 11.6. The molecule has 6 heteroatoms. The van der Waals surface area contributed by atoms with Gasteiger partial charge in [-0.1, -0.05) is 28.9 Å². The summed E-state index contributed by atoms with van der Waals surface area (Å²) in [5.41, 5.74) is 7.82. The molecule has 2 N–H and O–H groups in total. The number of hydrogen-bond donors (Lipinski definition) is 1. The molecule has 0 saturated carbocycles. The fourth-order valence-corrected chi connectivity index (χ4v) is 2.18. The van der Waals surface area contributed by atoms with Crippen molar-refractivity contribution in [3.8, 4) is 11.5 Å². The minimum absolute atomic E-state index is 0.338. The number of aromatic nitrogens is 2. The fraction of sp³-hybridized carbons (Fsp3) is 0.0667. The van der Waals surface area contributed by atoms with E-state index in [9.17, 15) is 4.39 Å². The molecule has 4 nitrogen and oxygen atoms in total. The number of nitrogens with zero attached hydrogens (tertiary/aromatic N) is 2. The van der Waals surface area contributed by atoms with Gasteiger partial charge in [0.15, 0.2) is 5.82 Å². The Labute approximate surface area is 125 Å². The lowest BCUT2D eigenvalue weighted by atomic mass is 10.1.